The largest absolute Gasteiger partial charge is 0.408 e. The van der Waals surface area contributed by atoms with Crippen molar-refractivity contribution in [1.82, 2.24) is 9.38 Å². The second-order valence-electron chi connectivity index (χ2n) is 4.72. The smallest absolute Gasteiger partial charge is 0.316 e. The van der Waals surface area contributed by atoms with Gasteiger partial charge in [0.2, 0.25) is 0 Å². The third kappa shape index (κ3) is 2.43. The minimum atomic E-state index is -4.45. The van der Waals surface area contributed by atoms with Gasteiger partial charge in [-0.15, -0.1) is 0 Å². The van der Waals surface area contributed by atoms with Crippen molar-refractivity contribution >= 4 is 16.3 Å². The van der Waals surface area contributed by atoms with Gasteiger partial charge in [-0.1, -0.05) is 41.7 Å². The Bertz CT molecular complexity index is 774. The van der Waals surface area contributed by atoms with Crippen LogP contribution in [-0.2, 0) is 0 Å². The minimum absolute atomic E-state index is 0.101. The molecule has 0 fully saturated rings. The maximum atomic E-state index is 12.7. The molecule has 3 nitrogen and oxygen atoms in total. The highest BCUT2D eigenvalue weighted by atomic mass is 32.1. The van der Waals surface area contributed by atoms with Gasteiger partial charge < -0.3 is 5.73 Å². The second-order valence-corrected chi connectivity index (χ2v) is 5.72. The first-order chi connectivity index (χ1) is 9.88. The molecule has 3 rings (SSSR count). The van der Waals surface area contributed by atoms with Crippen molar-refractivity contribution in [3.8, 4) is 11.3 Å². The zero-order valence-corrected chi connectivity index (χ0v) is 11.9. The third-order valence-electron chi connectivity index (χ3n) is 3.30. The Balaban J connectivity index is 2.07. The van der Waals surface area contributed by atoms with Crippen LogP contribution in [0.25, 0.3) is 16.2 Å². The molecule has 110 valence electrons. The van der Waals surface area contributed by atoms with E-state index in [0.717, 1.165) is 22.6 Å². The number of fused-ring (bicyclic) bond motifs is 1. The van der Waals surface area contributed by atoms with Gasteiger partial charge in [-0.05, 0) is 6.92 Å². The first-order valence-corrected chi connectivity index (χ1v) is 7.05. The van der Waals surface area contributed by atoms with E-state index in [1.807, 2.05) is 30.3 Å². The summed E-state index contributed by atoms with van der Waals surface area (Å²) in [4.78, 5) is 5.00. The Morgan fingerprint density at radius 2 is 1.90 bits per heavy atom. The van der Waals surface area contributed by atoms with Gasteiger partial charge in [-0.25, -0.2) is 4.98 Å². The lowest BCUT2D eigenvalue weighted by atomic mass is 10.2. The predicted octanol–water partition coefficient (Wildman–Crippen LogP) is 3.93. The van der Waals surface area contributed by atoms with Crippen molar-refractivity contribution in [3.63, 3.8) is 0 Å². The van der Waals surface area contributed by atoms with E-state index in [9.17, 15) is 13.2 Å². The van der Waals surface area contributed by atoms with Crippen LogP contribution in [0.5, 0.6) is 0 Å². The van der Waals surface area contributed by atoms with Gasteiger partial charge >= 0.3 is 6.18 Å². The monoisotopic (exact) mass is 311 g/mol. The molecule has 0 saturated carbocycles. The number of imidazole rings is 1. The summed E-state index contributed by atoms with van der Waals surface area (Å²) < 4.78 is 39.9. The van der Waals surface area contributed by atoms with Crippen molar-refractivity contribution in [2.45, 2.75) is 19.1 Å². The number of alkyl halides is 3. The van der Waals surface area contributed by atoms with E-state index in [-0.39, 0.29) is 4.88 Å². The molecular weight excluding hydrogens is 299 g/mol. The summed E-state index contributed by atoms with van der Waals surface area (Å²) in [5.41, 5.74) is 7.43. The molecule has 2 N–H and O–H groups in total. The molecule has 0 aliphatic heterocycles. The highest BCUT2D eigenvalue weighted by molar-refractivity contribution is 7.17. The van der Waals surface area contributed by atoms with Crippen LogP contribution in [0.3, 0.4) is 0 Å². The fraction of sp³-hybridized carbons (Fsp3) is 0.214. The van der Waals surface area contributed by atoms with E-state index in [4.69, 9.17) is 5.73 Å². The molecular formula is C14H12F3N3S. The number of halogens is 3. The fourth-order valence-corrected chi connectivity index (χ4v) is 3.29. The van der Waals surface area contributed by atoms with Gasteiger partial charge in [0.15, 0.2) is 4.96 Å². The molecule has 7 heteroatoms. The Kier molecular flexibility index (Phi) is 3.26. The average molecular weight is 311 g/mol. The number of nitrogens with zero attached hydrogens (tertiary/aromatic N) is 2. The predicted molar refractivity (Wildman–Crippen MR) is 76.2 cm³/mol. The highest BCUT2D eigenvalue weighted by Gasteiger charge is 2.40. The van der Waals surface area contributed by atoms with Gasteiger partial charge in [-0.3, -0.25) is 4.40 Å². The van der Waals surface area contributed by atoms with Crippen molar-refractivity contribution in [2.24, 2.45) is 5.73 Å². The van der Waals surface area contributed by atoms with Crippen LogP contribution in [0.4, 0.5) is 13.2 Å². The van der Waals surface area contributed by atoms with E-state index in [1.165, 1.54) is 0 Å². The molecule has 0 spiro atoms. The van der Waals surface area contributed by atoms with E-state index in [1.54, 1.807) is 17.5 Å². The third-order valence-corrected chi connectivity index (χ3v) is 4.54. The maximum absolute atomic E-state index is 12.7. The topological polar surface area (TPSA) is 43.3 Å². The van der Waals surface area contributed by atoms with Crippen LogP contribution in [0.2, 0.25) is 0 Å². The van der Waals surface area contributed by atoms with E-state index in [2.05, 4.69) is 4.98 Å². The molecule has 2 heterocycles. The zero-order valence-electron chi connectivity index (χ0n) is 11.1. The highest BCUT2D eigenvalue weighted by Crippen LogP contribution is 2.37. The summed E-state index contributed by atoms with van der Waals surface area (Å²) in [5, 5.41) is 0. The molecule has 0 bridgehead atoms. The summed E-state index contributed by atoms with van der Waals surface area (Å²) in [6, 6.07) is 7.52. The van der Waals surface area contributed by atoms with Crippen LogP contribution in [0, 0.1) is 6.92 Å². The summed E-state index contributed by atoms with van der Waals surface area (Å²) in [7, 11) is 0. The lowest BCUT2D eigenvalue weighted by Crippen LogP contribution is -2.28. The summed E-state index contributed by atoms with van der Waals surface area (Å²) >= 11 is 0.981. The van der Waals surface area contributed by atoms with Crippen LogP contribution in [0.15, 0.2) is 36.5 Å². The molecule has 0 unspecified atom stereocenters. The summed E-state index contributed by atoms with van der Waals surface area (Å²) in [6.45, 7) is 1.63. The van der Waals surface area contributed by atoms with Gasteiger partial charge in [0.25, 0.3) is 0 Å². The van der Waals surface area contributed by atoms with Gasteiger partial charge in [0.1, 0.15) is 6.04 Å². The second kappa shape index (κ2) is 4.85. The number of hydrogen-bond acceptors (Lipinski definition) is 3. The minimum Gasteiger partial charge on any atom is -0.316 e. The first kappa shape index (κ1) is 14.1. The molecule has 0 amide bonds. The first-order valence-electron chi connectivity index (χ1n) is 6.24. The Morgan fingerprint density at radius 3 is 2.48 bits per heavy atom. The van der Waals surface area contributed by atoms with Crippen LogP contribution >= 0.6 is 11.3 Å². The molecule has 0 aliphatic rings. The molecule has 0 saturated heterocycles. The van der Waals surface area contributed by atoms with Gasteiger partial charge in [0, 0.05) is 17.5 Å². The van der Waals surface area contributed by atoms with Gasteiger partial charge in [0.05, 0.1) is 10.6 Å². The Morgan fingerprint density at radius 1 is 1.24 bits per heavy atom. The van der Waals surface area contributed by atoms with E-state index >= 15 is 0 Å². The number of rotatable bonds is 2. The quantitative estimate of drug-likeness (QED) is 0.779. The van der Waals surface area contributed by atoms with E-state index < -0.39 is 12.2 Å². The SMILES string of the molecule is Cc1c([C@H](N)C(F)(F)F)sc2nc(-c3ccccc3)cn12. The van der Waals surface area contributed by atoms with Gasteiger partial charge in [-0.2, -0.15) is 13.2 Å². The molecule has 0 aliphatic carbocycles. The van der Waals surface area contributed by atoms with Crippen molar-refractivity contribution in [3.05, 3.63) is 47.1 Å². The van der Waals surface area contributed by atoms with Crippen molar-refractivity contribution in [1.29, 1.82) is 0 Å². The summed E-state index contributed by atoms with van der Waals surface area (Å²) in [6.07, 6.45) is -2.71. The lowest BCUT2D eigenvalue weighted by Gasteiger charge is -2.14. The number of hydrogen-bond donors (Lipinski definition) is 1. The number of aryl methyl sites for hydroxylation is 1. The molecule has 3 aromatic rings. The van der Waals surface area contributed by atoms with E-state index in [0.29, 0.717) is 10.7 Å². The molecule has 0 radical (unpaired) electrons. The van der Waals surface area contributed by atoms with Crippen LogP contribution in [-0.4, -0.2) is 15.6 Å². The zero-order chi connectivity index (χ0) is 15.2. The number of aromatic nitrogens is 2. The average Bonchev–Trinajstić information content (AvgIpc) is 2.98. The molecule has 1 atom stereocenters. The normalized spacial score (nSPS) is 13.8. The summed E-state index contributed by atoms with van der Waals surface area (Å²) in [5.74, 6) is 0. The number of nitrogens with two attached hydrogens (primary N) is 1. The van der Waals surface area contributed by atoms with Crippen molar-refractivity contribution < 1.29 is 13.2 Å². The van der Waals surface area contributed by atoms with Crippen molar-refractivity contribution in [2.75, 3.05) is 0 Å². The lowest BCUT2D eigenvalue weighted by molar-refractivity contribution is -0.148. The maximum Gasteiger partial charge on any atom is 0.408 e. The Labute approximate surface area is 122 Å². The Hall–Kier alpha value is -1.86. The molecule has 2 aromatic heterocycles. The number of thiazole rings is 1. The molecule has 21 heavy (non-hydrogen) atoms. The standard InChI is InChI=1S/C14H12F3N3S/c1-8-11(12(18)14(15,16)17)21-13-19-10(7-20(8)13)9-5-3-2-4-6-9/h2-7,12H,18H2,1H3/t12-/m0/s1. The van der Waals surface area contributed by atoms with Crippen LogP contribution < -0.4 is 5.73 Å². The fourth-order valence-electron chi connectivity index (χ4n) is 2.15. The number of benzene rings is 1. The molecule has 1 aromatic carbocycles. The van der Waals surface area contributed by atoms with Crippen LogP contribution in [0.1, 0.15) is 16.6 Å².